The number of ether oxygens (including phenoxy) is 2. The van der Waals surface area contributed by atoms with Gasteiger partial charge in [0.1, 0.15) is 12.2 Å². The zero-order valence-corrected chi connectivity index (χ0v) is 10.1. The van der Waals surface area contributed by atoms with Gasteiger partial charge in [0.2, 0.25) is 0 Å². The number of aromatic nitrogens is 1. The third-order valence-electron chi connectivity index (χ3n) is 2.74. The highest BCUT2D eigenvalue weighted by atomic mass is 16.5. The van der Waals surface area contributed by atoms with Crippen LogP contribution in [0.5, 0.6) is 0 Å². The van der Waals surface area contributed by atoms with E-state index >= 15 is 0 Å². The number of hydrogen-bond donors (Lipinski definition) is 2. The van der Waals surface area contributed by atoms with Gasteiger partial charge >= 0.3 is 0 Å². The molecule has 1 fully saturated rings. The number of nitrogens with one attached hydrogen (secondary N) is 1. The molecule has 0 bridgehead atoms. The first-order valence-electron chi connectivity index (χ1n) is 5.66. The summed E-state index contributed by atoms with van der Waals surface area (Å²) in [5, 5.41) is 16.2. The number of nitrogens with zero attached hydrogens (tertiary/aromatic N) is 1. The van der Waals surface area contributed by atoms with Gasteiger partial charge in [-0.3, -0.25) is 4.79 Å². The highest BCUT2D eigenvalue weighted by Gasteiger charge is 2.32. The fraction of sp³-hybridized carbons (Fsp3) is 0.636. The zero-order valence-electron chi connectivity index (χ0n) is 10.1. The molecule has 0 aromatic carbocycles. The van der Waals surface area contributed by atoms with Gasteiger partial charge in [-0.2, -0.15) is 0 Å². The molecule has 1 aromatic rings. The molecule has 7 heteroatoms. The summed E-state index contributed by atoms with van der Waals surface area (Å²) in [6.07, 6.45) is 0.515. The Morgan fingerprint density at radius 1 is 1.72 bits per heavy atom. The van der Waals surface area contributed by atoms with Crippen molar-refractivity contribution in [3.05, 3.63) is 17.5 Å². The first kappa shape index (κ1) is 13.0. The van der Waals surface area contributed by atoms with E-state index in [0.717, 1.165) is 0 Å². The van der Waals surface area contributed by atoms with E-state index in [9.17, 15) is 9.90 Å². The number of methoxy groups -OCH3 is 1. The van der Waals surface area contributed by atoms with Crippen molar-refractivity contribution in [3.63, 3.8) is 0 Å². The second-order valence-electron chi connectivity index (χ2n) is 4.32. The third-order valence-corrected chi connectivity index (χ3v) is 2.74. The topological polar surface area (TPSA) is 93.8 Å². The highest BCUT2D eigenvalue weighted by Crippen LogP contribution is 2.17. The summed E-state index contributed by atoms with van der Waals surface area (Å²) in [5.41, 5.74) is -0.807. The van der Waals surface area contributed by atoms with E-state index in [0.29, 0.717) is 18.8 Å². The van der Waals surface area contributed by atoms with E-state index in [1.165, 1.54) is 13.2 Å². The zero-order chi connectivity index (χ0) is 13.0. The lowest BCUT2D eigenvalue weighted by Gasteiger charge is -2.19. The van der Waals surface area contributed by atoms with Gasteiger partial charge in [0.15, 0.2) is 11.5 Å². The predicted molar refractivity (Wildman–Crippen MR) is 59.9 cm³/mol. The summed E-state index contributed by atoms with van der Waals surface area (Å²) in [6.45, 7) is 1.14. The molecule has 2 rings (SSSR count). The Bertz CT molecular complexity index is 411. The Labute approximate surface area is 104 Å². The van der Waals surface area contributed by atoms with E-state index in [1.807, 2.05) is 0 Å². The molecule has 1 atom stereocenters. The molecule has 0 spiro atoms. The van der Waals surface area contributed by atoms with Gasteiger partial charge in [0.05, 0.1) is 6.61 Å². The van der Waals surface area contributed by atoms with Crippen LogP contribution >= 0.6 is 0 Å². The van der Waals surface area contributed by atoms with E-state index in [1.54, 1.807) is 0 Å². The van der Waals surface area contributed by atoms with Crippen LogP contribution in [0.1, 0.15) is 22.7 Å². The van der Waals surface area contributed by atoms with Gasteiger partial charge in [-0.15, -0.1) is 0 Å². The molecule has 2 N–H and O–H groups in total. The van der Waals surface area contributed by atoms with E-state index < -0.39 is 5.60 Å². The minimum Gasteiger partial charge on any atom is -0.386 e. The fourth-order valence-electron chi connectivity index (χ4n) is 1.70. The molecule has 0 aliphatic carbocycles. The average molecular weight is 256 g/mol. The van der Waals surface area contributed by atoms with Crippen LogP contribution in [0.4, 0.5) is 0 Å². The standard InChI is InChI=1S/C11H16N2O5/c1-16-5-8-4-9(13-18-8)10(14)12-6-11(15)2-3-17-7-11/h4,15H,2-3,5-7H2,1H3,(H,12,14). The van der Waals surface area contributed by atoms with Gasteiger partial charge in [-0.1, -0.05) is 5.16 Å². The van der Waals surface area contributed by atoms with Crippen LogP contribution in [0.2, 0.25) is 0 Å². The Kier molecular flexibility index (Phi) is 3.95. The second kappa shape index (κ2) is 5.47. The first-order valence-corrected chi connectivity index (χ1v) is 5.66. The lowest BCUT2D eigenvalue weighted by molar-refractivity contribution is 0.0263. The monoisotopic (exact) mass is 256 g/mol. The van der Waals surface area contributed by atoms with Crippen LogP contribution in [0.25, 0.3) is 0 Å². The van der Waals surface area contributed by atoms with Gasteiger partial charge in [0, 0.05) is 32.7 Å². The van der Waals surface area contributed by atoms with Crippen LogP contribution in [0, 0.1) is 0 Å². The maximum atomic E-state index is 11.7. The minimum absolute atomic E-state index is 0.137. The molecular formula is C11H16N2O5. The van der Waals surface area contributed by atoms with Crippen molar-refractivity contribution in [3.8, 4) is 0 Å². The Balaban J connectivity index is 1.87. The van der Waals surface area contributed by atoms with E-state index in [4.69, 9.17) is 14.0 Å². The Morgan fingerprint density at radius 3 is 3.22 bits per heavy atom. The number of carbonyl (C=O) groups excluding carboxylic acids is 1. The van der Waals surface area contributed by atoms with Crippen molar-refractivity contribution in [1.82, 2.24) is 10.5 Å². The fourth-order valence-corrected chi connectivity index (χ4v) is 1.70. The number of hydrogen-bond acceptors (Lipinski definition) is 6. The van der Waals surface area contributed by atoms with Crippen molar-refractivity contribution in [2.24, 2.45) is 0 Å². The Morgan fingerprint density at radius 2 is 2.56 bits per heavy atom. The molecule has 2 heterocycles. The lowest BCUT2D eigenvalue weighted by Crippen LogP contribution is -2.43. The van der Waals surface area contributed by atoms with Crippen molar-refractivity contribution in [2.45, 2.75) is 18.6 Å². The summed E-state index contributed by atoms with van der Waals surface area (Å²) >= 11 is 0. The Hall–Kier alpha value is -1.44. The van der Waals surface area contributed by atoms with E-state index in [2.05, 4.69) is 10.5 Å². The second-order valence-corrected chi connectivity index (χ2v) is 4.32. The van der Waals surface area contributed by atoms with Gasteiger partial charge in [-0.25, -0.2) is 0 Å². The molecule has 18 heavy (non-hydrogen) atoms. The van der Waals surface area contributed by atoms with Crippen LogP contribution in [-0.2, 0) is 16.1 Å². The molecule has 1 aromatic heterocycles. The summed E-state index contributed by atoms with van der Waals surface area (Å²) in [5.74, 6) is 0.0898. The number of rotatable bonds is 5. The van der Waals surface area contributed by atoms with Crippen molar-refractivity contribution >= 4 is 5.91 Å². The molecule has 1 aliphatic rings. The first-order chi connectivity index (χ1) is 8.63. The SMILES string of the molecule is COCc1cc(C(=O)NCC2(O)CCOC2)no1. The largest absolute Gasteiger partial charge is 0.386 e. The van der Waals surface area contributed by atoms with Crippen LogP contribution < -0.4 is 5.32 Å². The summed E-state index contributed by atoms with van der Waals surface area (Å²) in [7, 11) is 1.53. The lowest BCUT2D eigenvalue weighted by atomic mass is 10.0. The molecule has 0 radical (unpaired) electrons. The van der Waals surface area contributed by atoms with Crippen LogP contribution in [-0.4, -0.2) is 48.6 Å². The molecule has 1 amide bonds. The molecular weight excluding hydrogens is 240 g/mol. The van der Waals surface area contributed by atoms with Crippen LogP contribution in [0.3, 0.4) is 0 Å². The molecule has 0 saturated carbocycles. The predicted octanol–water partition coefficient (Wildman–Crippen LogP) is -0.298. The maximum Gasteiger partial charge on any atom is 0.273 e. The molecule has 1 unspecified atom stereocenters. The summed E-state index contributed by atoms with van der Waals surface area (Å²) in [4.78, 5) is 11.7. The van der Waals surface area contributed by atoms with Crippen molar-refractivity contribution in [1.29, 1.82) is 0 Å². The third kappa shape index (κ3) is 3.06. The van der Waals surface area contributed by atoms with Gasteiger partial charge in [-0.05, 0) is 0 Å². The number of amides is 1. The summed E-state index contributed by atoms with van der Waals surface area (Å²) < 4.78 is 14.8. The average Bonchev–Trinajstić information content (AvgIpc) is 2.97. The van der Waals surface area contributed by atoms with Crippen molar-refractivity contribution in [2.75, 3.05) is 26.9 Å². The smallest absolute Gasteiger partial charge is 0.273 e. The molecule has 7 nitrogen and oxygen atoms in total. The number of aliphatic hydroxyl groups is 1. The summed E-state index contributed by atoms with van der Waals surface area (Å²) in [6, 6.07) is 1.51. The normalized spacial score (nSPS) is 23.2. The van der Waals surface area contributed by atoms with Crippen LogP contribution in [0.15, 0.2) is 10.6 Å². The number of carbonyl (C=O) groups is 1. The molecule has 1 aliphatic heterocycles. The minimum atomic E-state index is -0.977. The quantitative estimate of drug-likeness (QED) is 0.751. The van der Waals surface area contributed by atoms with Gasteiger partial charge in [0.25, 0.3) is 5.91 Å². The molecule has 1 saturated heterocycles. The van der Waals surface area contributed by atoms with E-state index in [-0.39, 0.29) is 31.4 Å². The van der Waals surface area contributed by atoms with Gasteiger partial charge < -0.3 is 24.4 Å². The van der Waals surface area contributed by atoms with Crippen molar-refractivity contribution < 1.29 is 23.9 Å². The highest BCUT2D eigenvalue weighted by molar-refractivity contribution is 5.92. The maximum absolute atomic E-state index is 11.7. The molecule has 100 valence electrons.